The van der Waals surface area contributed by atoms with Crippen molar-refractivity contribution in [2.45, 2.75) is 59.5 Å². The molecule has 0 radical (unpaired) electrons. The van der Waals surface area contributed by atoms with Crippen LogP contribution in [-0.4, -0.2) is 31.1 Å². The van der Waals surface area contributed by atoms with Crippen molar-refractivity contribution in [3.8, 4) is 11.5 Å². The maximum absolute atomic E-state index is 12.6. The van der Waals surface area contributed by atoms with Crippen molar-refractivity contribution >= 4 is 5.91 Å². The van der Waals surface area contributed by atoms with Crippen molar-refractivity contribution < 1.29 is 14.3 Å². The van der Waals surface area contributed by atoms with E-state index in [1.54, 1.807) is 14.2 Å². The third kappa shape index (κ3) is 5.77. The maximum Gasteiger partial charge on any atom is 0.223 e. The summed E-state index contributed by atoms with van der Waals surface area (Å²) in [6, 6.07) is 6.08. The first-order valence-corrected chi connectivity index (χ1v) is 8.43. The van der Waals surface area contributed by atoms with Crippen molar-refractivity contribution in [3.63, 3.8) is 0 Å². The van der Waals surface area contributed by atoms with Crippen LogP contribution in [0.3, 0.4) is 0 Å². The number of ether oxygens (including phenoxy) is 2. The monoisotopic (exact) mass is 321 g/mol. The fraction of sp³-hybridized carbons (Fsp3) is 0.632. The fourth-order valence-electron chi connectivity index (χ4n) is 2.71. The van der Waals surface area contributed by atoms with E-state index in [9.17, 15) is 4.79 Å². The van der Waals surface area contributed by atoms with Gasteiger partial charge < -0.3 is 14.4 Å². The van der Waals surface area contributed by atoms with E-state index < -0.39 is 0 Å². The number of nitrogens with zero attached hydrogens (tertiary/aromatic N) is 1. The Morgan fingerprint density at radius 1 is 1.13 bits per heavy atom. The summed E-state index contributed by atoms with van der Waals surface area (Å²) in [6.07, 6.45) is 2.66. The van der Waals surface area contributed by atoms with Gasteiger partial charge in [0.05, 0.1) is 14.2 Å². The van der Waals surface area contributed by atoms with E-state index in [0.717, 1.165) is 18.4 Å². The Hall–Kier alpha value is -1.71. The molecule has 0 spiro atoms. The number of hydrogen-bond donors (Lipinski definition) is 0. The lowest BCUT2D eigenvalue weighted by Crippen LogP contribution is -2.38. The van der Waals surface area contributed by atoms with Crippen LogP contribution in [0.25, 0.3) is 0 Å². The lowest BCUT2D eigenvalue weighted by molar-refractivity contribution is -0.134. The smallest absolute Gasteiger partial charge is 0.223 e. The minimum atomic E-state index is 0.218. The van der Waals surface area contributed by atoms with Gasteiger partial charge in [0.1, 0.15) is 0 Å². The standard InChI is InChI=1S/C19H31NO3/c1-7-8-15(4)20(19(21)11-14(2)3)13-16-9-10-17(22-5)18(12-16)23-6/h9-10,12,14-15H,7-8,11,13H2,1-6H3. The van der Waals surface area contributed by atoms with Crippen LogP contribution >= 0.6 is 0 Å². The van der Waals surface area contributed by atoms with Gasteiger partial charge in [0, 0.05) is 19.0 Å². The van der Waals surface area contributed by atoms with E-state index in [2.05, 4.69) is 27.7 Å². The van der Waals surface area contributed by atoms with Crippen LogP contribution < -0.4 is 9.47 Å². The number of benzene rings is 1. The Kier molecular flexibility index (Phi) is 7.93. The molecule has 23 heavy (non-hydrogen) atoms. The predicted molar refractivity (Wildman–Crippen MR) is 93.9 cm³/mol. The first-order chi connectivity index (χ1) is 10.9. The summed E-state index contributed by atoms with van der Waals surface area (Å²) in [7, 11) is 3.25. The molecule has 0 aliphatic carbocycles. The summed E-state index contributed by atoms with van der Waals surface area (Å²) < 4.78 is 10.6. The maximum atomic E-state index is 12.6. The molecule has 0 bridgehead atoms. The molecule has 1 rings (SSSR count). The zero-order valence-corrected chi connectivity index (χ0v) is 15.4. The SMILES string of the molecule is CCCC(C)N(Cc1ccc(OC)c(OC)c1)C(=O)CC(C)C. The van der Waals surface area contributed by atoms with Crippen LogP contribution in [0, 0.1) is 5.92 Å². The van der Waals surface area contributed by atoms with Crippen LogP contribution in [-0.2, 0) is 11.3 Å². The van der Waals surface area contributed by atoms with Gasteiger partial charge in [-0.1, -0.05) is 33.3 Å². The molecule has 4 nitrogen and oxygen atoms in total. The highest BCUT2D eigenvalue weighted by atomic mass is 16.5. The summed E-state index contributed by atoms with van der Waals surface area (Å²) in [5.74, 6) is 1.99. The second kappa shape index (κ2) is 9.43. The topological polar surface area (TPSA) is 38.8 Å². The van der Waals surface area contributed by atoms with Crippen LogP contribution in [0.2, 0.25) is 0 Å². The molecule has 0 aromatic heterocycles. The average Bonchev–Trinajstić information content (AvgIpc) is 2.51. The van der Waals surface area contributed by atoms with Gasteiger partial charge in [-0.3, -0.25) is 4.79 Å². The molecule has 0 aliphatic heterocycles. The molecule has 0 saturated heterocycles. The summed E-state index contributed by atoms with van der Waals surface area (Å²) in [5.41, 5.74) is 1.06. The third-order valence-corrected chi connectivity index (χ3v) is 3.94. The largest absolute Gasteiger partial charge is 0.493 e. The van der Waals surface area contributed by atoms with Gasteiger partial charge in [0.2, 0.25) is 5.91 Å². The second-order valence-corrected chi connectivity index (χ2v) is 6.45. The highest BCUT2D eigenvalue weighted by Crippen LogP contribution is 2.28. The van der Waals surface area contributed by atoms with Crippen molar-refractivity contribution in [1.82, 2.24) is 4.90 Å². The number of hydrogen-bond acceptors (Lipinski definition) is 3. The normalized spacial score (nSPS) is 12.1. The summed E-state index contributed by atoms with van der Waals surface area (Å²) in [5, 5.41) is 0. The summed E-state index contributed by atoms with van der Waals surface area (Å²) in [4.78, 5) is 14.6. The van der Waals surface area contributed by atoms with E-state index in [0.29, 0.717) is 30.4 Å². The predicted octanol–water partition coefficient (Wildman–Crippen LogP) is 4.27. The van der Waals surface area contributed by atoms with Gasteiger partial charge in [-0.05, 0) is 37.0 Å². The van der Waals surface area contributed by atoms with E-state index in [1.807, 2.05) is 23.1 Å². The quantitative estimate of drug-likeness (QED) is 0.682. The van der Waals surface area contributed by atoms with Crippen LogP contribution in [0.15, 0.2) is 18.2 Å². The highest BCUT2D eigenvalue weighted by Gasteiger charge is 2.21. The zero-order chi connectivity index (χ0) is 17.4. The van der Waals surface area contributed by atoms with Gasteiger partial charge in [-0.2, -0.15) is 0 Å². The number of amides is 1. The number of methoxy groups -OCH3 is 2. The molecule has 0 aliphatic rings. The summed E-state index contributed by atoms with van der Waals surface area (Å²) in [6.45, 7) is 9.04. The highest BCUT2D eigenvalue weighted by molar-refractivity contribution is 5.76. The van der Waals surface area contributed by atoms with Gasteiger partial charge in [0.15, 0.2) is 11.5 Å². The molecule has 0 saturated carbocycles. The van der Waals surface area contributed by atoms with Gasteiger partial charge in [-0.25, -0.2) is 0 Å². The molecule has 0 N–H and O–H groups in total. The Labute approximate surface area is 140 Å². The minimum absolute atomic E-state index is 0.218. The molecule has 130 valence electrons. The van der Waals surface area contributed by atoms with E-state index in [-0.39, 0.29) is 11.9 Å². The minimum Gasteiger partial charge on any atom is -0.493 e. The molecule has 0 fully saturated rings. The van der Waals surface area contributed by atoms with Crippen molar-refractivity contribution in [2.75, 3.05) is 14.2 Å². The van der Waals surface area contributed by atoms with Crippen molar-refractivity contribution in [2.24, 2.45) is 5.92 Å². The third-order valence-electron chi connectivity index (χ3n) is 3.94. The molecule has 1 aromatic rings. The number of rotatable bonds is 9. The summed E-state index contributed by atoms with van der Waals surface area (Å²) >= 11 is 0. The first kappa shape index (κ1) is 19.3. The second-order valence-electron chi connectivity index (χ2n) is 6.45. The van der Waals surface area contributed by atoms with Gasteiger partial charge in [0.25, 0.3) is 0 Å². The molecular formula is C19H31NO3. The van der Waals surface area contributed by atoms with Crippen LogP contribution in [0.4, 0.5) is 0 Å². The van der Waals surface area contributed by atoms with Crippen LogP contribution in [0.1, 0.15) is 52.5 Å². The van der Waals surface area contributed by atoms with E-state index in [1.165, 1.54) is 0 Å². The molecule has 1 atom stereocenters. The Morgan fingerprint density at radius 3 is 2.30 bits per heavy atom. The molecule has 1 aromatic carbocycles. The van der Waals surface area contributed by atoms with Gasteiger partial charge >= 0.3 is 0 Å². The molecule has 1 unspecified atom stereocenters. The first-order valence-electron chi connectivity index (χ1n) is 8.43. The zero-order valence-electron chi connectivity index (χ0n) is 15.4. The average molecular weight is 321 g/mol. The van der Waals surface area contributed by atoms with Gasteiger partial charge in [-0.15, -0.1) is 0 Å². The van der Waals surface area contributed by atoms with Crippen molar-refractivity contribution in [1.29, 1.82) is 0 Å². The molecule has 4 heteroatoms. The fourth-order valence-corrected chi connectivity index (χ4v) is 2.71. The molecule has 0 heterocycles. The number of carbonyl (C=O) groups excluding carboxylic acids is 1. The Bertz CT molecular complexity index is 499. The number of carbonyl (C=O) groups is 1. The van der Waals surface area contributed by atoms with Crippen molar-refractivity contribution in [3.05, 3.63) is 23.8 Å². The molecular weight excluding hydrogens is 290 g/mol. The lowest BCUT2D eigenvalue weighted by atomic mass is 10.1. The lowest BCUT2D eigenvalue weighted by Gasteiger charge is -2.30. The Balaban J connectivity index is 2.97. The Morgan fingerprint density at radius 2 is 1.78 bits per heavy atom. The van der Waals surface area contributed by atoms with Crippen LogP contribution in [0.5, 0.6) is 11.5 Å². The van der Waals surface area contributed by atoms with E-state index in [4.69, 9.17) is 9.47 Å². The molecule has 1 amide bonds. The van der Waals surface area contributed by atoms with E-state index >= 15 is 0 Å².